The third kappa shape index (κ3) is 5.91. The second-order valence-electron chi connectivity index (χ2n) is 7.35. The minimum absolute atomic E-state index is 0.102. The zero-order valence-corrected chi connectivity index (χ0v) is 16.8. The summed E-state index contributed by atoms with van der Waals surface area (Å²) >= 11 is 0. The first-order valence-electron chi connectivity index (χ1n) is 9.39. The highest BCUT2D eigenvalue weighted by atomic mass is 16.5. The van der Waals surface area contributed by atoms with E-state index in [4.69, 9.17) is 15.3 Å². The first-order valence-corrected chi connectivity index (χ1v) is 9.39. The lowest BCUT2D eigenvalue weighted by molar-refractivity contribution is -0.130. The van der Waals surface area contributed by atoms with E-state index in [1.807, 2.05) is 12.1 Å². The maximum Gasteiger partial charge on any atom is 0.236 e. The molecule has 1 unspecified atom stereocenters. The molecular formula is C21H32N3O3+. The summed E-state index contributed by atoms with van der Waals surface area (Å²) in [4.78, 5) is 16.1. The summed E-state index contributed by atoms with van der Waals surface area (Å²) in [6.45, 7) is 6.04. The second-order valence-corrected chi connectivity index (χ2v) is 7.35. The van der Waals surface area contributed by atoms with Gasteiger partial charge in [-0.25, -0.2) is 0 Å². The van der Waals surface area contributed by atoms with Crippen LogP contribution in [0.2, 0.25) is 0 Å². The number of nitrogens with zero attached hydrogens (tertiary/aromatic N) is 2. The largest absolute Gasteiger partial charge is 0.596 e. The third-order valence-corrected chi connectivity index (χ3v) is 4.91. The molecule has 0 radical (unpaired) electrons. The molecule has 1 aromatic carbocycles. The Morgan fingerprint density at radius 3 is 2.63 bits per heavy atom. The van der Waals surface area contributed by atoms with Gasteiger partial charge in [-0.15, -0.1) is 0 Å². The van der Waals surface area contributed by atoms with E-state index >= 15 is 0 Å². The molecule has 6 nitrogen and oxygen atoms in total. The molecule has 0 aromatic heterocycles. The smallest absolute Gasteiger partial charge is 0.236 e. The van der Waals surface area contributed by atoms with Crippen LogP contribution in [0.15, 0.2) is 30.0 Å². The van der Waals surface area contributed by atoms with Crippen molar-refractivity contribution < 1.29 is 14.6 Å². The average molecular weight is 375 g/mol. The monoisotopic (exact) mass is 374 g/mol. The van der Waals surface area contributed by atoms with Crippen molar-refractivity contribution in [3.8, 4) is 0 Å². The fourth-order valence-electron chi connectivity index (χ4n) is 3.39. The first kappa shape index (κ1) is 21.1. The maximum atomic E-state index is 12.2. The van der Waals surface area contributed by atoms with Crippen LogP contribution in [0.1, 0.15) is 31.4 Å². The topological polar surface area (TPSA) is 79.5 Å². The molecule has 27 heavy (non-hydrogen) atoms. The van der Waals surface area contributed by atoms with Crippen molar-refractivity contribution in [2.24, 2.45) is 0 Å². The standard InChI is InChI=1S/C21H31N3O3/c1-15(22)21(16(2)25)18-7-5-6-17(12-18)8-10-24(13-20(26)23(3)4)19-9-11-27-14-19/h5-7,12,19,22,25H,8-11,13-14H2,1-4H3/p+1/b21-16+,22-15?. The van der Waals surface area contributed by atoms with Gasteiger partial charge in [-0.1, -0.05) is 24.3 Å². The van der Waals surface area contributed by atoms with E-state index in [-0.39, 0.29) is 11.9 Å². The number of likely N-dealkylation sites (N-methyl/N-ethyl adjacent to an activating group) is 1. The number of allylic oxidation sites excluding steroid dienone is 2. The van der Waals surface area contributed by atoms with Gasteiger partial charge in [-0.05, 0) is 30.9 Å². The number of benzene rings is 1. The van der Waals surface area contributed by atoms with Gasteiger partial charge in [0.05, 0.1) is 18.7 Å². The molecule has 1 aliphatic heterocycles. The van der Waals surface area contributed by atoms with Crippen LogP contribution in [0, 0.1) is 5.41 Å². The Morgan fingerprint density at radius 1 is 1.33 bits per heavy atom. The van der Waals surface area contributed by atoms with E-state index in [2.05, 4.69) is 17.0 Å². The van der Waals surface area contributed by atoms with Gasteiger partial charge in [0.1, 0.15) is 0 Å². The Hall–Kier alpha value is -2.18. The van der Waals surface area contributed by atoms with E-state index in [9.17, 15) is 4.79 Å². The van der Waals surface area contributed by atoms with Gasteiger partial charge in [0.25, 0.3) is 0 Å². The fraction of sp³-hybridized carbons (Fsp3) is 0.524. The molecule has 0 aliphatic carbocycles. The minimum Gasteiger partial charge on any atom is -0.596 e. The lowest BCUT2D eigenvalue weighted by Gasteiger charge is -2.28. The van der Waals surface area contributed by atoms with Gasteiger partial charge < -0.3 is 20.2 Å². The molecule has 1 aliphatic rings. The van der Waals surface area contributed by atoms with Gasteiger partial charge in [-0.2, -0.15) is 0 Å². The van der Waals surface area contributed by atoms with Crippen molar-refractivity contribution in [2.75, 3.05) is 40.4 Å². The van der Waals surface area contributed by atoms with Crippen LogP contribution in [0.5, 0.6) is 0 Å². The SMILES string of the molecule is CC(=N)/C(=C(/C)[OH2+])c1cccc(CCN(CC(=O)N(C)C)C2CCOC2)c1. The van der Waals surface area contributed by atoms with E-state index in [1.54, 1.807) is 32.8 Å². The Kier molecular flexibility index (Phi) is 7.56. The van der Waals surface area contributed by atoms with Crippen LogP contribution >= 0.6 is 0 Å². The lowest BCUT2D eigenvalue weighted by atomic mass is 9.98. The molecule has 1 aromatic rings. The number of rotatable bonds is 8. The number of carbonyl (C=O) groups is 1. The Balaban J connectivity index is 2.12. The summed E-state index contributed by atoms with van der Waals surface area (Å²) in [5, 5.41) is 15.9. The molecule has 1 atom stereocenters. The summed E-state index contributed by atoms with van der Waals surface area (Å²) in [6, 6.07) is 8.34. The quantitative estimate of drug-likeness (QED) is 0.429. The number of ether oxygens (including phenoxy) is 1. The average Bonchev–Trinajstić information content (AvgIpc) is 3.12. The highest BCUT2D eigenvalue weighted by molar-refractivity contribution is 6.21. The molecule has 0 bridgehead atoms. The van der Waals surface area contributed by atoms with Crippen LogP contribution < -0.4 is 0 Å². The molecule has 148 valence electrons. The number of nitrogens with one attached hydrogen (secondary N) is 1. The zero-order valence-electron chi connectivity index (χ0n) is 16.8. The number of hydrogen-bond acceptors (Lipinski definition) is 4. The normalized spacial score (nSPS) is 17.7. The molecule has 1 heterocycles. The van der Waals surface area contributed by atoms with Crippen LogP contribution in [-0.4, -0.2) is 73.0 Å². The van der Waals surface area contributed by atoms with E-state index < -0.39 is 0 Å². The van der Waals surface area contributed by atoms with E-state index in [0.29, 0.717) is 30.2 Å². The predicted molar refractivity (Wildman–Crippen MR) is 109 cm³/mol. The molecule has 6 heteroatoms. The van der Waals surface area contributed by atoms with Gasteiger partial charge >= 0.3 is 0 Å². The second kappa shape index (κ2) is 9.67. The number of hydrogen-bond donors (Lipinski definition) is 1. The summed E-state index contributed by atoms with van der Waals surface area (Å²) in [7, 11) is 3.57. The molecule has 3 N–H and O–H groups in total. The summed E-state index contributed by atoms with van der Waals surface area (Å²) in [6.07, 6.45) is 1.77. The highest BCUT2D eigenvalue weighted by Gasteiger charge is 2.25. The Labute approximate surface area is 161 Å². The Bertz CT molecular complexity index is 702. The summed E-state index contributed by atoms with van der Waals surface area (Å²) in [5.41, 5.74) is 3.14. The van der Waals surface area contributed by atoms with Crippen molar-refractivity contribution in [3.05, 3.63) is 41.2 Å². The van der Waals surface area contributed by atoms with Crippen molar-refractivity contribution in [1.29, 1.82) is 5.41 Å². The first-order chi connectivity index (χ1) is 12.8. The van der Waals surface area contributed by atoms with E-state index in [0.717, 1.165) is 37.1 Å². The van der Waals surface area contributed by atoms with Gasteiger partial charge in [0.2, 0.25) is 11.7 Å². The predicted octanol–water partition coefficient (Wildman–Crippen LogP) is 1.90. The zero-order chi connectivity index (χ0) is 20.0. The molecule has 1 amide bonds. The molecular weight excluding hydrogens is 342 g/mol. The maximum absolute atomic E-state index is 12.2. The fourth-order valence-corrected chi connectivity index (χ4v) is 3.39. The molecule has 0 spiro atoms. The van der Waals surface area contributed by atoms with Gasteiger partial charge in [0.15, 0.2) is 0 Å². The molecule has 1 fully saturated rings. The third-order valence-electron chi connectivity index (χ3n) is 4.91. The van der Waals surface area contributed by atoms with Crippen molar-refractivity contribution in [2.45, 2.75) is 32.7 Å². The van der Waals surface area contributed by atoms with Crippen LogP contribution in [-0.2, 0) is 16.0 Å². The molecule has 2 rings (SSSR count). The van der Waals surface area contributed by atoms with Gasteiger partial charge in [0, 0.05) is 45.9 Å². The van der Waals surface area contributed by atoms with E-state index in [1.165, 1.54) is 0 Å². The molecule has 1 saturated heterocycles. The molecule has 0 saturated carbocycles. The highest BCUT2D eigenvalue weighted by Crippen LogP contribution is 2.21. The number of carbonyl (C=O) groups excluding carboxylic acids is 1. The van der Waals surface area contributed by atoms with Crippen LogP contribution in [0.25, 0.3) is 5.57 Å². The van der Waals surface area contributed by atoms with Crippen LogP contribution in [0.4, 0.5) is 0 Å². The summed E-state index contributed by atoms with van der Waals surface area (Å²) < 4.78 is 5.52. The summed E-state index contributed by atoms with van der Waals surface area (Å²) in [5.74, 6) is 0.506. The Morgan fingerprint density at radius 2 is 2.07 bits per heavy atom. The number of amides is 1. The minimum atomic E-state index is 0.102. The van der Waals surface area contributed by atoms with Gasteiger partial charge in [-0.3, -0.25) is 9.69 Å². The van der Waals surface area contributed by atoms with Crippen LogP contribution in [0.3, 0.4) is 0 Å². The van der Waals surface area contributed by atoms with Crippen molar-refractivity contribution in [1.82, 2.24) is 9.80 Å². The van der Waals surface area contributed by atoms with Crippen molar-refractivity contribution >= 4 is 17.2 Å². The van der Waals surface area contributed by atoms with Crippen molar-refractivity contribution in [3.63, 3.8) is 0 Å². The lowest BCUT2D eigenvalue weighted by Crippen LogP contribution is -2.44.